The van der Waals surface area contributed by atoms with Crippen LogP contribution in [0.15, 0.2) is 12.1 Å². The van der Waals surface area contributed by atoms with Gasteiger partial charge in [-0.25, -0.2) is 0 Å². The molecular formula is C9H5F3N2O2. The van der Waals surface area contributed by atoms with Gasteiger partial charge in [0.25, 0.3) is 5.69 Å². The molecule has 4 nitrogen and oxygen atoms in total. The molecular weight excluding hydrogens is 225 g/mol. The quantitative estimate of drug-likeness (QED) is 0.550. The Morgan fingerprint density at radius 3 is 2.38 bits per heavy atom. The average molecular weight is 230 g/mol. The maximum absolute atomic E-state index is 12.5. The lowest BCUT2D eigenvalue weighted by Crippen LogP contribution is -2.09. The summed E-state index contributed by atoms with van der Waals surface area (Å²) in [6.45, 7) is 1.22. The molecule has 0 bridgehead atoms. The first-order chi connectivity index (χ1) is 7.27. The van der Waals surface area contributed by atoms with Crippen LogP contribution in [0.5, 0.6) is 0 Å². The summed E-state index contributed by atoms with van der Waals surface area (Å²) in [7, 11) is 0. The van der Waals surface area contributed by atoms with Gasteiger partial charge in [0.05, 0.1) is 16.1 Å². The zero-order chi connectivity index (χ0) is 12.5. The fourth-order valence-corrected chi connectivity index (χ4v) is 1.25. The maximum Gasteiger partial charge on any atom is 0.417 e. The highest BCUT2D eigenvalue weighted by Gasteiger charge is 2.36. The Morgan fingerprint density at radius 2 is 2.00 bits per heavy atom. The van der Waals surface area contributed by atoms with Crippen molar-refractivity contribution in [2.45, 2.75) is 13.1 Å². The molecule has 0 aliphatic heterocycles. The van der Waals surface area contributed by atoms with Gasteiger partial charge in [-0.15, -0.1) is 0 Å². The molecule has 7 heteroatoms. The first kappa shape index (κ1) is 12.0. The first-order valence-corrected chi connectivity index (χ1v) is 4.03. The maximum atomic E-state index is 12.5. The zero-order valence-corrected chi connectivity index (χ0v) is 8.00. The second-order valence-electron chi connectivity index (χ2n) is 3.05. The van der Waals surface area contributed by atoms with Gasteiger partial charge in [0.1, 0.15) is 6.07 Å². The molecule has 84 valence electrons. The third-order valence-corrected chi connectivity index (χ3v) is 1.95. The summed E-state index contributed by atoms with van der Waals surface area (Å²) in [4.78, 5) is 9.46. The van der Waals surface area contributed by atoms with E-state index in [9.17, 15) is 23.3 Å². The Morgan fingerprint density at radius 1 is 1.44 bits per heavy atom. The van der Waals surface area contributed by atoms with Gasteiger partial charge in [0, 0.05) is 12.1 Å². The van der Waals surface area contributed by atoms with Crippen molar-refractivity contribution in [3.63, 3.8) is 0 Å². The Balaban J connectivity index is 3.57. The molecule has 1 rings (SSSR count). The number of nitro benzene ring substituents is 1. The first-order valence-electron chi connectivity index (χ1n) is 4.03. The Labute approximate surface area is 88.1 Å². The summed E-state index contributed by atoms with van der Waals surface area (Å²) >= 11 is 0. The second-order valence-corrected chi connectivity index (χ2v) is 3.05. The number of hydrogen-bond acceptors (Lipinski definition) is 3. The third kappa shape index (κ3) is 2.11. The highest BCUT2D eigenvalue weighted by Crippen LogP contribution is 2.35. The number of rotatable bonds is 1. The number of alkyl halides is 3. The van der Waals surface area contributed by atoms with Crippen LogP contribution in [0.3, 0.4) is 0 Å². The van der Waals surface area contributed by atoms with Gasteiger partial charge < -0.3 is 0 Å². The smallest absolute Gasteiger partial charge is 0.258 e. The number of non-ortho nitro benzene ring substituents is 1. The van der Waals surface area contributed by atoms with Crippen LogP contribution >= 0.6 is 0 Å². The van der Waals surface area contributed by atoms with Crippen molar-refractivity contribution in [3.05, 3.63) is 38.9 Å². The lowest BCUT2D eigenvalue weighted by atomic mass is 10.0. The largest absolute Gasteiger partial charge is 0.417 e. The number of nitrogens with zero attached hydrogens (tertiary/aromatic N) is 2. The van der Waals surface area contributed by atoms with Crippen LogP contribution in [0.1, 0.15) is 16.7 Å². The van der Waals surface area contributed by atoms with E-state index in [1.165, 1.54) is 13.0 Å². The number of nitro groups is 1. The zero-order valence-electron chi connectivity index (χ0n) is 8.00. The van der Waals surface area contributed by atoms with Crippen LogP contribution in [0.4, 0.5) is 18.9 Å². The summed E-state index contributed by atoms with van der Waals surface area (Å²) in [6.07, 6.45) is -4.78. The molecule has 0 heterocycles. The van der Waals surface area contributed by atoms with E-state index in [2.05, 4.69) is 0 Å². The monoisotopic (exact) mass is 230 g/mol. The summed E-state index contributed by atoms with van der Waals surface area (Å²) in [5.74, 6) is 0. The molecule has 0 amide bonds. The summed E-state index contributed by atoms with van der Waals surface area (Å²) in [5, 5.41) is 19.0. The Hall–Kier alpha value is -2.10. The van der Waals surface area contributed by atoms with E-state index in [1.807, 2.05) is 0 Å². The molecule has 1 aromatic carbocycles. The molecule has 0 unspecified atom stereocenters. The molecule has 0 aliphatic rings. The fraction of sp³-hybridized carbons (Fsp3) is 0.222. The van der Waals surface area contributed by atoms with Gasteiger partial charge in [-0.05, 0) is 12.5 Å². The van der Waals surface area contributed by atoms with Gasteiger partial charge >= 0.3 is 6.18 Å². The van der Waals surface area contributed by atoms with Crippen LogP contribution in [-0.2, 0) is 6.18 Å². The number of aryl methyl sites for hydroxylation is 1. The average Bonchev–Trinajstić information content (AvgIpc) is 2.14. The minimum Gasteiger partial charge on any atom is -0.258 e. The van der Waals surface area contributed by atoms with E-state index < -0.39 is 27.9 Å². The number of halogens is 3. The highest BCUT2D eigenvalue weighted by atomic mass is 19.4. The minimum atomic E-state index is -4.78. The number of hydrogen-bond donors (Lipinski definition) is 0. The molecule has 0 fully saturated rings. The summed E-state index contributed by atoms with van der Waals surface area (Å²) < 4.78 is 37.5. The molecule has 0 aromatic heterocycles. The normalized spacial score (nSPS) is 10.9. The Bertz CT molecular complexity index is 489. The molecule has 16 heavy (non-hydrogen) atoms. The lowest BCUT2D eigenvalue weighted by molar-refractivity contribution is -0.385. The van der Waals surface area contributed by atoms with Crippen molar-refractivity contribution in [1.82, 2.24) is 0 Å². The summed E-state index contributed by atoms with van der Waals surface area (Å²) in [5.41, 5.74) is -2.60. The van der Waals surface area contributed by atoms with E-state index in [1.54, 1.807) is 0 Å². The van der Waals surface area contributed by atoms with E-state index in [0.717, 1.165) is 6.07 Å². The summed E-state index contributed by atoms with van der Waals surface area (Å²) in [6, 6.07) is 2.70. The number of benzene rings is 1. The van der Waals surface area contributed by atoms with Crippen molar-refractivity contribution in [2.75, 3.05) is 0 Å². The van der Waals surface area contributed by atoms with Crippen LogP contribution in [-0.4, -0.2) is 4.92 Å². The van der Waals surface area contributed by atoms with Crippen molar-refractivity contribution in [2.24, 2.45) is 0 Å². The molecule has 0 atom stereocenters. The van der Waals surface area contributed by atoms with Gasteiger partial charge in [0.15, 0.2) is 0 Å². The fourth-order valence-electron chi connectivity index (χ4n) is 1.25. The van der Waals surface area contributed by atoms with Crippen molar-refractivity contribution in [3.8, 4) is 6.07 Å². The van der Waals surface area contributed by atoms with E-state index >= 15 is 0 Å². The predicted octanol–water partition coefficient (Wildman–Crippen LogP) is 2.79. The van der Waals surface area contributed by atoms with Crippen LogP contribution in [0.2, 0.25) is 0 Å². The Kier molecular flexibility index (Phi) is 2.85. The molecule has 0 radical (unpaired) electrons. The number of nitriles is 1. The van der Waals surface area contributed by atoms with Gasteiger partial charge in [-0.2, -0.15) is 18.4 Å². The van der Waals surface area contributed by atoms with Crippen LogP contribution in [0.25, 0.3) is 0 Å². The van der Waals surface area contributed by atoms with Crippen LogP contribution < -0.4 is 0 Å². The van der Waals surface area contributed by atoms with Crippen molar-refractivity contribution >= 4 is 5.69 Å². The molecule has 0 spiro atoms. The standard InChI is InChI=1S/C9H5F3N2O2/c1-5-2-6(14(15)16)3-8(7(5)4-13)9(10,11)12/h2-3H,1H3. The third-order valence-electron chi connectivity index (χ3n) is 1.95. The van der Waals surface area contributed by atoms with Crippen molar-refractivity contribution in [1.29, 1.82) is 5.26 Å². The molecule has 0 saturated heterocycles. The van der Waals surface area contributed by atoms with E-state index in [4.69, 9.17) is 5.26 Å². The molecule has 1 aromatic rings. The second kappa shape index (κ2) is 3.81. The topological polar surface area (TPSA) is 66.9 Å². The van der Waals surface area contributed by atoms with Gasteiger partial charge in [-0.3, -0.25) is 10.1 Å². The minimum absolute atomic E-state index is 0.0657. The van der Waals surface area contributed by atoms with Gasteiger partial charge in [0.2, 0.25) is 0 Å². The highest BCUT2D eigenvalue weighted by molar-refractivity contribution is 5.52. The van der Waals surface area contributed by atoms with E-state index in [-0.39, 0.29) is 5.56 Å². The molecule has 0 aliphatic carbocycles. The SMILES string of the molecule is Cc1cc([N+](=O)[O-])cc(C(F)(F)F)c1C#N. The van der Waals surface area contributed by atoms with Gasteiger partial charge in [-0.1, -0.05) is 0 Å². The molecule has 0 saturated carbocycles. The molecule has 0 N–H and O–H groups in total. The lowest BCUT2D eigenvalue weighted by Gasteiger charge is -2.09. The predicted molar refractivity (Wildman–Crippen MR) is 47.6 cm³/mol. The van der Waals surface area contributed by atoms with E-state index in [0.29, 0.717) is 6.07 Å². The van der Waals surface area contributed by atoms with Crippen molar-refractivity contribution < 1.29 is 18.1 Å². The van der Waals surface area contributed by atoms with Crippen LogP contribution in [0, 0.1) is 28.4 Å².